The zero-order valence-corrected chi connectivity index (χ0v) is 15.4. The Bertz CT molecular complexity index is 1020. The van der Waals surface area contributed by atoms with E-state index in [1.54, 1.807) is 18.2 Å². The number of rotatable bonds is 4. The standard InChI is InChI=1S/C19H18N2O4S/c1-13-7-9-14(10-8-13)11-17-19(22)25-18(20-17)15-5-4-6-16(12-15)26(23,24)21(2)3/h4-12H,1-3H3. The van der Waals surface area contributed by atoms with Crippen molar-refractivity contribution >= 4 is 28.0 Å². The largest absolute Gasteiger partial charge is 0.402 e. The Morgan fingerprint density at radius 2 is 1.77 bits per heavy atom. The first-order valence-electron chi connectivity index (χ1n) is 7.89. The van der Waals surface area contributed by atoms with E-state index in [-0.39, 0.29) is 16.5 Å². The molecule has 134 valence electrons. The van der Waals surface area contributed by atoms with Gasteiger partial charge in [0.15, 0.2) is 5.70 Å². The second kappa shape index (κ2) is 6.86. The Morgan fingerprint density at radius 3 is 2.42 bits per heavy atom. The molecular weight excluding hydrogens is 352 g/mol. The van der Waals surface area contributed by atoms with Crippen molar-refractivity contribution in [1.29, 1.82) is 0 Å². The zero-order valence-electron chi connectivity index (χ0n) is 14.6. The maximum Gasteiger partial charge on any atom is 0.363 e. The van der Waals surface area contributed by atoms with Crippen molar-refractivity contribution in [2.45, 2.75) is 11.8 Å². The fourth-order valence-electron chi connectivity index (χ4n) is 2.35. The molecule has 0 N–H and O–H groups in total. The van der Waals surface area contributed by atoms with Crippen molar-refractivity contribution in [3.8, 4) is 0 Å². The fraction of sp³-hybridized carbons (Fsp3) is 0.158. The first kappa shape index (κ1) is 18.0. The number of aryl methyl sites for hydroxylation is 1. The van der Waals surface area contributed by atoms with Crippen LogP contribution in [0.3, 0.4) is 0 Å². The molecule has 2 aromatic carbocycles. The number of cyclic esters (lactones) is 1. The van der Waals surface area contributed by atoms with E-state index in [9.17, 15) is 13.2 Å². The lowest BCUT2D eigenvalue weighted by Gasteiger charge is -2.11. The number of carbonyl (C=O) groups excluding carboxylic acids is 1. The molecule has 3 rings (SSSR count). The van der Waals surface area contributed by atoms with Crippen molar-refractivity contribution in [3.05, 3.63) is 70.9 Å². The fourth-order valence-corrected chi connectivity index (χ4v) is 3.30. The Hall–Kier alpha value is -2.77. The minimum Gasteiger partial charge on any atom is -0.402 e. The third-order valence-corrected chi connectivity index (χ3v) is 5.67. The second-order valence-corrected chi connectivity index (χ2v) is 8.21. The van der Waals surface area contributed by atoms with E-state index in [1.165, 1.54) is 26.2 Å². The quantitative estimate of drug-likeness (QED) is 0.612. The first-order chi connectivity index (χ1) is 12.3. The Balaban J connectivity index is 1.96. The maximum absolute atomic E-state index is 12.3. The van der Waals surface area contributed by atoms with E-state index in [2.05, 4.69) is 4.99 Å². The number of sulfonamides is 1. The van der Waals surface area contributed by atoms with Crippen LogP contribution in [0.15, 0.2) is 64.1 Å². The highest BCUT2D eigenvalue weighted by atomic mass is 32.2. The van der Waals surface area contributed by atoms with E-state index >= 15 is 0 Å². The lowest BCUT2D eigenvalue weighted by Crippen LogP contribution is -2.22. The third-order valence-electron chi connectivity index (χ3n) is 3.86. The molecule has 0 atom stereocenters. The smallest absolute Gasteiger partial charge is 0.363 e. The monoisotopic (exact) mass is 370 g/mol. The summed E-state index contributed by atoms with van der Waals surface area (Å²) in [5.74, 6) is -0.481. The van der Waals surface area contributed by atoms with Crippen LogP contribution in [0.2, 0.25) is 0 Å². The van der Waals surface area contributed by atoms with Gasteiger partial charge in [-0.1, -0.05) is 35.9 Å². The second-order valence-electron chi connectivity index (χ2n) is 6.06. The van der Waals surface area contributed by atoms with Gasteiger partial charge in [-0.25, -0.2) is 22.5 Å². The molecule has 0 bridgehead atoms. The van der Waals surface area contributed by atoms with Gasteiger partial charge in [-0.3, -0.25) is 0 Å². The number of benzene rings is 2. The van der Waals surface area contributed by atoms with Gasteiger partial charge in [-0.15, -0.1) is 0 Å². The van der Waals surface area contributed by atoms with Crippen molar-refractivity contribution in [2.24, 2.45) is 4.99 Å². The summed E-state index contributed by atoms with van der Waals surface area (Å²) in [6.45, 7) is 1.98. The average molecular weight is 370 g/mol. The minimum absolute atomic E-state index is 0.0872. The molecule has 0 aliphatic carbocycles. The number of aliphatic imine (C=N–C) groups is 1. The van der Waals surface area contributed by atoms with Gasteiger partial charge >= 0.3 is 5.97 Å². The molecule has 7 heteroatoms. The van der Waals surface area contributed by atoms with Crippen LogP contribution in [-0.2, 0) is 19.6 Å². The Kier molecular flexibility index (Phi) is 4.76. The summed E-state index contributed by atoms with van der Waals surface area (Å²) in [5.41, 5.74) is 2.54. The van der Waals surface area contributed by atoms with Crippen LogP contribution in [-0.4, -0.2) is 38.7 Å². The van der Waals surface area contributed by atoms with Crippen LogP contribution in [0.1, 0.15) is 16.7 Å². The van der Waals surface area contributed by atoms with Gasteiger partial charge in [-0.05, 0) is 36.8 Å². The zero-order chi connectivity index (χ0) is 18.9. The highest BCUT2D eigenvalue weighted by Crippen LogP contribution is 2.22. The average Bonchev–Trinajstić information content (AvgIpc) is 2.97. The molecule has 0 fully saturated rings. The number of hydrogen-bond donors (Lipinski definition) is 0. The van der Waals surface area contributed by atoms with Gasteiger partial charge in [0.1, 0.15) is 0 Å². The minimum atomic E-state index is -3.59. The van der Waals surface area contributed by atoms with Crippen LogP contribution < -0.4 is 0 Å². The van der Waals surface area contributed by atoms with E-state index < -0.39 is 16.0 Å². The van der Waals surface area contributed by atoms with E-state index in [0.717, 1.165) is 15.4 Å². The van der Waals surface area contributed by atoms with Crippen molar-refractivity contribution in [2.75, 3.05) is 14.1 Å². The van der Waals surface area contributed by atoms with Gasteiger partial charge in [0.25, 0.3) is 0 Å². The van der Waals surface area contributed by atoms with Crippen LogP contribution in [0.5, 0.6) is 0 Å². The van der Waals surface area contributed by atoms with Crippen LogP contribution in [0.4, 0.5) is 0 Å². The summed E-state index contributed by atoms with van der Waals surface area (Å²) in [6, 6.07) is 13.8. The van der Waals surface area contributed by atoms with Crippen molar-refractivity contribution < 1.29 is 17.9 Å². The maximum atomic E-state index is 12.3. The lowest BCUT2D eigenvalue weighted by atomic mass is 10.1. The molecule has 26 heavy (non-hydrogen) atoms. The van der Waals surface area contributed by atoms with E-state index in [0.29, 0.717) is 5.56 Å². The summed E-state index contributed by atoms with van der Waals surface area (Å²) in [5, 5.41) is 0. The summed E-state index contributed by atoms with van der Waals surface area (Å²) >= 11 is 0. The normalized spacial score (nSPS) is 16.1. The first-order valence-corrected chi connectivity index (χ1v) is 9.33. The van der Waals surface area contributed by atoms with Gasteiger partial charge in [0, 0.05) is 19.7 Å². The van der Waals surface area contributed by atoms with Crippen molar-refractivity contribution in [3.63, 3.8) is 0 Å². The van der Waals surface area contributed by atoms with Gasteiger partial charge in [0.2, 0.25) is 15.9 Å². The molecule has 0 spiro atoms. The van der Waals surface area contributed by atoms with Gasteiger partial charge in [-0.2, -0.15) is 0 Å². The number of hydrogen-bond acceptors (Lipinski definition) is 5. The molecule has 0 amide bonds. The van der Waals surface area contributed by atoms with Crippen LogP contribution in [0, 0.1) is 6.92 Å². The number of carbonyl (C=O) groups is 1. The van der Waals surface area contributed by atoms with Crippen molar-refractivity contribution in [1.82, 2.24) is 4.31 Å². The Labute approximate surface area is 152 Å². The third kappa shape index (κ3) is 3.58. The highest BCUT2D eigenvalue weighted by molar-refractivity contribution is 7.89. The van der Waals surface area contributed by atoms with Crippen LogP contribution in [0.25, 0.3) is 6.08 Å². The van der Waals surface area contributed by atoms with E-state index in [4.69, 9.17) is 4.74 Å². The lowest BCUT2D eigenvalue weighted by molar-refractivity contribution is -0.129. The van der Waals surface area contributed by atoms with E-state index in [1.807, 2.05) is 31.2 Å². The topological polar surface area (TPSA) is 76.0 Å². The summed E-state index contributed by atoms with van der Waals surface area (Å²) < 4.78 is 30.9. The molecule has 1 heterocycles. The Morgan fingerprint density at radius 1 is 1.08 bits per heavy atom. The summed E-state index contributed by atoms with van der Waals surface area (Å²) in [4.78, 5) is 16.4. The van der Waals surface area contributed by atoms with Crippen LogP contribution >= 0.6 is 0 Å². The molecule has 0 aromatic heterocycles. The molecule has 0 unspecified atom stereocenters. The number of ether oxygens (including phenoxy) is 1. The molecular formula is C19H18N2O4S. The highest BCUT2D eigenvalue weighted by Gasteiger charge is 2.25. The number of nitrogens with zero attached hydrogens (tertiary/aromatic N) is 2. The predicted molar refractivity (Wildman–Crippen MR) is 99.1 cm³/mol. The molecule has 0 saturated carbocycles. The molecule has 6 nitrogen and oxygen atoms in total. The number of esters is 1. The van der Waals surface area contributed by atoms with Gasteiger partial charge in [0.05, 0.1) is 4.90 Å². The summed E-state index contributed by atoms with van der Waals surface area (Å²) in [7, 11) is -0.674. The molecule has 1 aliphatic heterocycles. The predicted octanol–water partition coefficient (Wildman–Crippen LogP) is 2.59. The summed E-state index contributed by atoms with van der Waals surface area (Å²) in [6.07, 6.45) is 1.63. The molecule has 1 aliphatic rings. The molecule has 0 saturated heterocycles. The molecule has 0 radical (unpaired) electrons. The molecule has 2 aromatic rings. The SMILES string of the molecule is Cc1ccc(C=C2N=C(c3cccc(S(=O)(=O)N(C)C)c3)OC2=O)cc1. The van der Waals surface area contributed by atoms with Gasteiger partial charge < -0.3 is 4.74 Å².